The minimum Gasteiger partial charge on any atom is -0.456 e. The van der Waals surface area contributed by atoms with Crippen LogP contribution in [0.4, 0.5) is 0 Å². The zero-order valence-electron chi connectivity index (χ0n) is 11.8. The van der Waals surface area contributed by atoms with Gasteiger partial charge in [0.25, 0.3) is 0 Å². The van der Waals surface area contributed by atoms with E-state index in [2.05, 4.69) is 6.58 Å². The SMILES string of the molecule is C=C(C)C(=O)OC1(CCO)CC2CC3CCCC32C1. The Hall–Kier alpha value is -0.830. The average molecular weight is 264 g/mol. The van der Waals surface area contributed by atoms with E-state index in [4.69, 9.17) is 4.74 Å². The molecule has 0 aromatic heterocycles. The number of ether oxygens (including phenoxy) is 1. The summed E-state index contributed by atoms with van der Waals surface area (Å²) in [7, 11) is 0. The van der Waals surface area contributed by atoms with E-state index in [1.807, 2.05) is 0 Å². The maximum atomic E-state index is 11.9. The first-order valence-corrected chi connectivity index (χ1v) is 7.51. The van der Waals surface area contributed by atoms with Crippen LogP contribution in [0.5, 0.6) is 0 Å². The molecule has 0 aromatic rings. The summed E-state index contributed by atoms with van der Waals surface area (Å²) in [5.74, 6) is 1.27. The van der Waals surface area contributed by atoms with Gasteiger partial charge in [0.05, 0.1) is 0 Å². The molecule has 3 rings (SSSR count). The molecule has 0 saturated heterocycles. The molecular weight excluding hydrogens is 240 g/mol. The summed E-state index contributed by atoms with van der Waals surface area (Å²) in [6.07, 6.45) is 7.76. The Morgan fingerprint density at radius 3 is 2.89 bits per heavy atom. The molecule has 3 heteroatoms. The van der Waals surface area contributed by atoms with Crippen LogP contribution in [0.1, 0.15) is 51.9 Å². The molecule has 3 aliphatic carbocycles. The van der Waals surface area contributed by atoms with E-state index >= 15 is 0 Å². The Kier molecular flexibility index (Phi) is 3.01. The molecule has 4 atom stereocenters. The highest BCUT2D eigenvalue weighted by molar-refractivity contribution is 5.87. The minimum absolute atomic E-state index is 0.0942. The third-order valence-corrected chi connectivity index (χ3v) is 5.88. The van der Waals surface area contributed by atoms with E-state index < -0.39 is 5.60 Å². The third kappa shape index (κ3) is 1.85. The summed E-state index contributed by atoms with van der Waals surface area (Å²) in [6, 6.07) is 0. The number of carbonyl (C=O) groups is 1. The van der Waals surface area contributed by atoms with Gasteiger partial charge < -0.3 is 9.84 Å². The lowest BCUT2D eigenvalue weighted by Gasteiger charge is -2.48. The van der Waals surface area contributed by atoms with E-state index in [-0.39, 0.29) is 12.6 Å². The van der Waals surface area contributed by atoms with Crippen LogP contribution in [-0.4, -0.2) is 23.3 Å². The summed E-state index contributed by atoms with van der Waals surface area (Å²) in [5.41, 5.74) is 0.469. The largest absolute Gasteiger partial charge is 0.456 e. The van der Waals surface area contributed by atoms with E-state index in [1.54, 1.807) is 6.92 Å². The lowest BCUT2D eigenvalue weighted by atomic mass is 9.56. The topological polar surface area (TPSA) is 46.5 Å². The zero-order chi connectivity index (χ0) is 13.7. The second-order valence-electron chi connectivity index (χ2n) is 6.96. The molecule has 0 radical (unpaired) electrons. The minimum atomic E-state index is -0.422. The molecule has 0 heterocycles. The summed E-state index contributed by atoms with van der Waals surface area (Å²) in [4.78, 5) is 11.9. The van der Waals surface area contributed by atoms with Gasteiger partial charge in [-0.15, -0.1) is 0 Å². The van der Waals surface area contributed by atoms with Gasteiger partial charge in [-0.05, 0) is 56.3 Å². The van der Waals surface area contributed by atoms with E-state index in [1.165, 1.54) is 25.7 Å². The van der Waals surface area contributed by atoms with Crippen LogP contribution in [0.3, 0.4) is 0 Å². The molecule has 1 spiro atoms. The highest BCUT2D eigenvalue weighted by Crippen LogP contribution is 2.71. The molecule has 0 aliphatic heterocycles. The molecule has 106 valence electrons. The molecular formula is C16H24O3. The molecule has 3 saturated carbocycles. The average Bonchev–Trinajstić information content (AvgIpc) is 2.77. The van der Waals surface area contributed by atoms with Gasteiger partial charge in [0.1, 0.15) is 5.60 Å². The van der Waals surface area contributed by atoms with Crippen molar-refractivity contribution in [1.29, 1.82) is 0 Å². The van der Waals surface area contributed by atoms with Crippen molar-refractivity contribution in [1.82, 2.24) is 0 Å². The van der Waals surface area contributed by atoms with Crippen molar-refractivity contribution in [2.24, 2.45) is 17.3 Å². The van der Waals surface area contributed by atoms with E-state index in [0.29, 0.717) is 23.3 Å². The molecule has 0 aromatic carbocycles. The fourth-order valence-corrected chi connectivity index (χ4v) is 5.07. The normalized spacial score (nSPS) is 43.3. The monoisotopic (exact) mass is 264 g/mol. The molecule has 3 aliphatic rings. The van der Waals surface area contributed by atoms with Crippen molar-refractivity contribution in [3.8, 4) is 0 Å². The number of hydrogen-bond donors (Lipinski definition) is 1. The Morgan fingerprint density at radius 2 is 2.26 bits per heavy atom. The van der Waals surface area contributed by atoms with Crippen LogP contribution < -0.4 is 0 Å². The molecule has 1 N–H and O–H groups in total. The lowest BCUT2D eigenvalue weighted by Crippen LogP contribution is -2.42. The van der Waals surface area contributed by atoms with Gasteiger partial charge in [0, 0.05) is 18.6 Å². The second-order valence-corrected chi connectivity index (χ2v) is 6.96. The predicted octanol–water partition coefficient (Wildman–Crippen LogP) is 2.83. The van der Waals surface area contributed by atoms with Crippen LogP contribution in [0.25, 0.3) is 0 Å². The third-order valence-electron chi connectivity index (χ3n) is 5.88. The van der Waals surface area contributed by atoms with E-state index in [0.717, 1.165) is 18.8 Å². The molecule has 19 heavy (non-hydrogen) atoms. The predicted molar refractivity (Wildman–Crippen MR) is 72.5 cm³/mol. The van der Waals surface area contributed by atoms with Crippen LogP contribution in [0.2, 0.25) is 0 Å². The zero-order valence-corrected chi connectivity index (χ0v) is 11.8. The summed E-state index contributed by atoms with van der Waals surface area (Å²) in [5, 5.41) is 9.36. The molecule has 0 bridgehead atoms. The first kappa shape index (κ1) is 13.2. The first-order chi connectivity index (χ1) is 9.01. The van der Waals surface area contributed by atoms with E-state index in [9.17, 15) is 9.90 Å². The van der Waals surface area contributed by atoms with Crippen LogP contribution in [0.15, 0.2) is 12.2 Å². The molecule has 3 fully saturated rings. The summed E-state index contributed by atoms with van der Waals surface area (Å²) < 4.78 is 5.79. The number of hydrogen-bond acceptors (Lipinski definition) is 3. The van der Waals surface area contributed by atoms with Gasteiger partial charge in [0.15, 0.2) is 0 Å². The van der Waals surface area contributed by atoms with Crippen molar-refractivity contribution >= 4 is 5.97 Å². The fourth-order valence-electron chi connectivity index (χ4n) is 5.07. The quantitative estimate of drug-likeness (QED) is 0.627. The van der Waals surface area contributed by atoms with Gasteiger partial charge in [-0.25, -0.2) is 4.79 Å². The van der Waals surface area contributed by atoms with Gasteiger partial charge in [-0.3, -0.25) is 0 Å². The molecule has 3 nitrogen and oxygen atoms in total. The van der Waals surface area contributed by atoms with Crippen LogP contribution in [0, 0.1) is 17.3 Å². The van der Waals surface area contributed by atoms with Crippen molar-refractivity contribution in [3.05, 3.63) is 12.2 Å². The highest BCUT2D eigenvalue weighted by atomic mass is 16.6. The van der Waals surface area contributed by atoms with Crippen LogP contribution in [-0.2, 0) is 9.53 Å². The first-order valence-electron chi connectivity index (χ1n) is 7.51. The lowest BCUT2D eigenvalue weighted by molar-refractivity contribution is -0.156. The fraction of sp³-hybridized carbons (Fsp3) is 0.812. The maximum absolute atomic E-state index is 11.9. The van der Waals surface area contributed by atoms with Gasteiger partial charge >= 0.3 is 5.97 Å². The van der Waals surface area contributed by atoms with Crippen molar-refractivity contribution in [2.75, 3.05) is 6.61 Å². The van der Waals surface area contributed by atoms with Crippen molar-refractivity contribution in [3.63, 3.8) is 0 Å². The van der Waals surface area contributed by atoms with Crippen molar-refractivity contribution in [2.45, 2.75) is 57.5 Å². The molecule has 0 amide bonds. The Bertz CT molecular complexity index is 416. The molecule has 4 unspecified atom stereocenters. The maximum Gasteiger partial charge on any atom is 0.333 e. The van der Waals surface area contributed by atoms with Gasteiger partial charge in [-0.2, -0.15) is 0 Å². The smallest absolute Gasteiger partial charge is 0.333 e. The van der Waals surface area contributed by atoms with Crippen molar-refractivity contribution < 1.29 is 14.6 Å². The summed E-state index contributed by atoms with van der Waals surface area (Å²) >= 11 is 0. The highest BCUT2D eigenvalue weighted by Gasteiger charge is 2.66. The summed E-state index contributed by atoms with van der Waals surface area (Å²) in [6.45, 7) is 5.45. The number of rotatable bonds is 4. The Labute approximate surface area is 115 Å². The number of carbonyl (C=O) groups excluding carboxylic acids is 1. The van der Waals surface area contributed by atoms with Gasteiger partial charge in [0.2, 0.25) is 0 Å². The standard InChI is InChI=1S/C16H24O3/c1-11(2)14(18)19-15(6-7-17)9-13-8-12-4-3-5-16(12,13)10-15/h12-13,17H,1,3-10H2,2H3. The number of esters is 1. The Morgan fingerprint density at radius 1 is 1.47 bits per heavy atom. The van der Waals surface area contributed by atoms with Gasteiger partial charge in [-0.1, -0.05) is 13.0 Å². The number of aliphatic hydroxyl groups excluding tert-OH is 1. The van der Waals surface area contributed by atoms with Crippen LogP contribution >= 0.6 is 0 Å². The number of aliphatic hydroxyl groups is 1. The second kappa shape index (κ2) is 4.34. The Balaban J connectivity index is 1.79.